The highest BCUT2D eigenvalue weighted by molar-refractivity contribution is 7.27. The van der Waals surface area contributed by atoms with Gasteiger partial charge in [0.25, 0.3) is 0 Å². The minimum absolute atomic E-state index is 0.267. The molecule has 78 valence electrons. The molecule has 0 N–H and O–H groups in total. The largest absolute Gasteiger partial charge is 0.260 e. The number of hydrogen-bond donors (Lipinski definition) is 0. The van der Waals surface area contributed by atoms with E-state index in [1.165, 1.54) is 0 Å². The fourth-order valence-electron chi connectivity index (χ4n) is 1.16. The second kappa shape index (κ2) is 4.79. The Bertz CT molecular complexity index is 313. The Hall–Kier alpha value is -0.560. The zero-order chi connectivity index (χ0) is 10.7. The van der Waals surface area contributed by atoms with E-state index in [4.69, 9.17) is 0 Å². The van der Waals surface area contributed by atoms with Crippen LogP contribution in [0.4, 0.5) is 8.78 Å². The van der Waals surface area contributed by atoms with Crippen LogP contribution in [0.1, 0.15) is 31.0 Å². The van der Waals surface area contributed by atoms with Gasteiger partial charge in [-0.25, -0.2) is 8.78 Å². The van der Waals surface area contributed by atoms with Gasteiger partial charge in [0.05, 0.1) is 12.1 Å². The molecule has 4 heteroatoms. The van der Waals surface area contributed by atoms with Gasteiger partial charge < -0.3 is 0 Å². The van der Waals surface area contributed by atoms with Gasteiger partial charge in [0.2, 0.25) is 6.43 Å². The van der Waals surface area contributed by atoms with E-state index in [0.29, 0.717) is 11.6 Å². The summed E-state index contributed by atoms with van der Waals surface area (Å²) in [5.41, 5.74) is 1.54. The predicted molar refractivity (Wildman–Crippen MR) is 57.4 cm³/mol. The SMILES string of the molecule is CC(C)c1cnc(CC(F)F)c(P)c1. The molecule has 1 nitrogen and oxygen atoms in total. The maximum atomic E-state index is 12.1. The third kappa shape index (κ3) is 2.98. The minimum Gasteiger partial charge on any atom is -0.260 e. The van der Waals surface area contributed by atoms with Gasteiger partial charge in [0.15, 0.2) is 0 Å². The smallest absolute Gasteiger partial charge is 0.244 e. The lowest BCUT2D eigenvalue weighted by molar-refractivity contribution is 0.148. The van der Waals surface area contributed by atoms with Crippen LogP contribution in [0.25, 0.3) is 0 Å². The third-order valence-electron chi connectivity index (χ3n) is 2.04. The van der Waals surface area contributed by atoms with Gasteiger partial charge in [-0.15, -0.1) is 9.24 Å². The number of pyridine rings is 1. The van der Waals surface area contributed by atoms with Gasteiger partial charge >= 0.3 is 0 Å². The van der Waals surface area contributed by atoms with Gasteiger partial charge in [0, 0.05) is 6.20 Å². The molecule has 0 fully saturated rings. The molecule has 0 radical (unpaired) electrons. The number of aromatic nitrogens is 1. The Balaban J connectivity index is 2.90. The summed E-state index contributed by atoms with van der Waals surface area (Å²) in [6.07, 6.45) is -0.917. The number of nitrogens with zero attached hydrogens (tertiary/aromatic N) is 1. The van der Waals surface area contributed by atoms with Crippen molar-refractivity contribution in [2.75, 3.05) is 0 Å². The molecule has 1 heterocycles. The molecule has 14 heavy (non-hydrogen) atoms. The molecule has 0 saturated carbocycles. The van der Waals surface area contributed by atoms with E-state index >= 15 is 0 Å². The Morgan fingerprint density at radius 2 is 2.07 bits per heavy atom. The average molecular weight is 217 g/mol. The van der Waals surface area contributed by atoms with Gasteiger partial charge in [-0.05, 0) is 22.9 Å². The van der Waals surface area contributed by atoms with Crippen molar-refractivity contribution in [1.82, 2.24) is 4.98 Å². The van der Waals surface area contributed by atoms with Crippen LogP contribution in [-0.4, -0.2) is 11.4 Å². The van der Waals surface area contributed by atoms with E-state index < -0.39 is 6.43 Å². The molecule has 0 amide bonds. The predicted octanol–water partition coefficient (Wildman–Crippen LogP) is 2.51. The van der Waals surface area contributed by atoms with Crippen molar-refractivity contribution in [2.24, 2.45) is 0 Å². The van der Waals surface area contributed by atoms with Crippen molar-refractivity contribution < 1.29 is 8.78 Å². The first kappa shape index (κ1) is 11.5. The summed E-state index contributed by atoms with van der Waals surface area (Å²) >= 11 is 0. The molecule has 1 aromatic heterocycles. The summed E-state index contributed by atoms with van der Waals surface area (Å²) in [4.78, 5) is 4.04. The van der Waals surface area contributed by atoms with Crippen LogP contribution in [-0.2, 0) is 6.42 Å². The molecule has 0 spiro atoms. The molecule has 1 aromatic rings. The van der Waals surface area contributed by atoms with Crippen LogP contribution in [0.15, 0.2) is 12.3 Å². The fourth-order valence-corrected chi connectivity index (χ4v) is 1.54. The monoisotopic (exact) mass is 217 g/mol. The van der Waals surface area contributed by atoms with Crippen LogP contribution in [0.3, 0.4) is 0 Å². The second-order valence-corrected chi connectivity index (χ2v) is 4.18. The average Bonchev–Trinajstić information content (AvgIpc) is 2.07. The Morgan fingerprint density at radius 3 is 2.50 bits per heavy atom. The summed E-state index contributed by atoms with van der Waals surface area (Å²) in [5.74, 6) is 0.377. The van der Waals surface area contributed by atoms with E-state index in [1.54, 1.807) is 6.20 Å². The Labute approximate surface area is 85.1 Å². The lowest BCUT2D eigenvalue weighted by atomic mass is 10.1. The first-order chi connectivity index (χ1) is 6.50. The van der Waals surface area contributed by atoms with Gasteiger partial charge in [-0.3, -0.25) is 4.98 Å². The van der Waals surface area contributed by atoms with Crippen LogP contribution >= 0.6 is 9.24 Å². The van der Waals surface area contributed by atoms with E-state index in [1.807, 2.05) is 19.9 Å². The zero-order valence-corrected chi connectivity index (χ0v) is 9.45. The topological polar surface area (TPSA) is 12.9 Å². The summed E-state index contributed by atoms with van der Waals surface area (Å²) in [5, 5.41) is 0.775. The quantitative estimate of drug-likeness (QED) is 0.709. The van der Waals surface area contributed by atoms with E-state index in [-0.39, 0.29) is 6.42 Å². The fraction of sp³-hybridized carbons (Fsp3) is 0.500. The maximum absolute atomic E-state index is 12.1. The number of rotatable bonds is 3. The van der Waals surface area contributed by atoms with Crippen LogP contribution < -0.4 is 5.30 Å². The van der Waals surface area contributed by atoms with Crippen LogP contribution in [0, 0.1) is 0 Å². The molecule has 0 aliphatic carbocycles. The summed E-state index contributed by atoms with van der Waals surface area (Å²) in [6.45, 7) is 4.10. The lowest BCUT2D eigenvalue weighted by Crippen LogP contribution is -2.11. The molecule has 0 bridgehead atoms. The molecule has 1 unspecified atom stereocenters. The van der Waals surface area contributed by atoms with Crippen molar-refractivity contribution in [2.45, 2.75) is 32.6 Å². The van der Waals surface area contributed by atoms with Gasteiger partial charge in [0.1, 0.15) is 0 Å². The van der Waals surface area contributed by atoms with Crippen molar-refractivity contribution in [3.05, 3.63) is 23.5 Å². The molecule has 0 aliphatic rings. The first-order valence-corrected chi connectivity index (χ1v) is 5.11. The minimum atomic E-state index is -2.33. The van der Waals surface area contributed by atoms with Crippen molar-refractivity contribution >= 4 is 14.5 Å². The number of alkyl halides is 2. The first-order valence-electron chi connectivity index (χ1n) is 4.53. The molecule has 0 saturated heterocycles. The molecule has 0 aliphatic heterocycles. The standard InChI is InChI=1S/C10H14F2NP/c1-6(2)7-3-9(14)8(13-5-7)4-10(11)12/h3,5-6,10H,4,14H2,1-2H3. The van der Waals surface area contributed by atoms with E-state index in [2.05, 4.69) is 14.2 Å². The molecule has 1 atom stereocenters. The number of hydrogen-bond acceptors (Lipinski definition) is 1. The van der Waals surface area contributed by atoms with Crippen LogP contribution in [0.2, 0.25) is 0 Å². The van der Waals surface area contributed by atoms with Gasteiger partial charge in [-0.1, -0.05) is 13.8 Å². The van der Waals surface area contributed by atoms with Crippen molar-refractivity contribution in [3.63, 3.8) is 0 Å². The summed E-state index contributed by atoms with van der Waals surface area (Å²) < 4.78 is 24.2. The van der Waals surface area contributed by atoms with E-state index in [0.717, 1.165) is 10.9 Å². The van der Waals surface area contributed by atoms with Crippen molar-refractivity contribution in [1.29, 1.82) is 0 Å². The normalized spacial score (nSPS) is 11.4. The van der Waals surface area contributed by atoms with E-state index in [9.17, 15) is 8.78 Å². The molecular formula is C10H14F2NP. The molecule has 0 aromatic carbocycles. The Morgan fingerprint density at radius 1 is 1.43 bits per heavy atom. The second-order valence-electron chi connectivity index (χ2n) is 3.55. The molecule has 1 rings (SSSR count). The highest BCUT2D eigenvalue weighted by atomic mass is 31.0. The molecular weight excluding hydrogens is 203 g/mol. The number of halogens is 2. The maximum Gasteiger partial charge on any atom is 0.244 e. The highest BCUT2D eigenvalue weighted by Crippen LogP contribution is 2.14. The van der Waals surface area contributed by atoms with Crippen molar-refractivity contribution in [3.8, 4) is 0 Å². The highest BCUT2D eigenvalue weighted by Gasteiger charge is 2.10. The van der Waals surface area contributed by atoms with Gasteiger partial charge in [-0.2, -0.15) is 0 Å². The van der Waals surface area contributed by atoms with Crippen LogP contribution in [0.5, 0.6) is 0 Å². The zero-order valence-electron chi connectivity index (χ0n) is 8.30. The summed E-state index contributed by atoms with van der Waals surface area (Å²) in [6, 6.07) is 1.90. The third-order valence-corrected chi connectivity index (χ3v) is 2.54. The Kier molecular flexibility index (Phi) is 3.94. The summed E-state index contributed by atoms with van der Waals surface area (Å²) in [7, 11) is 2.46. The lowest BCUT2D eigenvalue weighted by Gasteiger charge is -2.09.